The standard InChI is InChI=1S/C13H18N2O2/c1-9-8-15(7-6-14)13-11(17-3)5-4-10(16-2)12(9)13/h4-5,8H,6-7,14H2,1-3H3. The van der Waals surface area contributed by atoms with Gasteiger partial charge in [0, 0.05) is 24.7 Å². The number of hydrogen-bond donors (Lipinski definition) is 1. The highest BCUT2D eigenvalue weighted by Gasteiger charge is 2.14. The summed E-state index contributed by atoms with van der Waals surface area (Å²) in [6, 6.07) is 3.86. The summed E-state index contributed by atoms with van der Waals surface area (Å²) in [5.41, 5.74) is 7.85. The SMILES string of the molecule is COc1ccc(OC)c2c1c(C)cn2CCN. The van der Waals surface area contributed by atoms with Crippen LogP contribution < -0.4 is 15.2 Å². The quantitative estimate of drug-likeness (QED) is 0.879. The van der Waals surface area contributed by atoms with Crippen molar-refractivity contribution in [2.75, 3.05) is 20.8 Å². The lowest BCUT2D eigenvalue weighted by Gasteiger charge is -2.10. The molecule has 0 aliphatic carbocycles. The molecule has 0 fully saturated rings. The summed E-state index contributed by atoms with van der Waals surface area (Å²) >= 11 is 0. The minimum Gasteiger partial charge on any atom is -0.496 e. The van der Waals surface area contributed by atoms with Crippen molar-refractivity contribution in [1.82, 2.24) is 4.57 Å². The monoisotopic (exact) mass is 234 g/mol. The number of hydrogen-bond acceptors (Lipinski definition) is 3. The molecular weight excluding hydrogens is 216 g/mol. The maximum absolute atomic E-state index is 5.63. The summed E-state index contributed by atoms with van der Waals surface area (Å²) in [5, 5.41) is 1.10. The van der Waals surface area contributed by atoms with Crippen LogP contribution in [0.15, 0.2) is 18.3 Å². The van der Waals surface area contributed by atoms with Gasteiger partial charge in [-0.25, -0.2) is 0 Å². The van der Waals surface area contributed by atoms with Gasteiger partial charge < -0.3 is 19.8 Å². The van der Waals surface area contributed by atoms with Crippen molar-refractivity contribution in [3.63, 3.8) is 0 Å². The Morgan fingerprint density at radius 1 is 1.18 bits per heavy atom. The molecule has 1 heterocycles. The van der Waals surface area contributed by atoms with Crippen molar-refractivity contribution in [1.29, 1.82) is 0 Å². The van der Waals surface area contributed by atoms with E-state index in [0.717, 1.165) is 28.9 Å². The summed E-state index contributed by atoms with van der Waals surface area (Å²) < 4.78 is 12.9. The summed E-state index contributed by atoms with van der Waals surface area (Å²) in [5.74, 6) is 1.72. The van der Waals surface area contributed by atoms with Gasteiger partial charge in [-0.2, -0.15) is 0 Å². The molecule has 2 N–H and O–H groups in total. The van der Waals surface area contributed by atoms with Gasteiger partial charge in [-0.1, -0.05) is 0 Å². The molecule has 1 aromatic carbocycles. The zero-order valence-corrected chi connectivity index (χ0v) is 10.5. The highest BCUT2D eigenvalue weighted by atomic mass is 16.5. The van der Waals surface area contributed by atoms with E-state index in [1.807, 2.05) is 12.1 Å². The molecule has 0 bridgehead atoms. The molecule has 0 spiro atoms. The van der Waals surface area contributed by atoms with Crippen LogP contribution in [0.25, 0.3) is 10.9 Å². The van der Waals surface area contributed by atoms with Gasteiger partial charge in [-0.3, -0.25) is 0 Å². The van der Waals surface area contributed by atoms with Crippen LogP contribution in [0.4, 0.5) is 0 Å². The average Bonchev–Trinajstić information content (AvgIpc) is 2.67. The molecule has 92 valence electrons. The molecule has 17 heavy (non-hydrogen) atoms. The normalized spacial score (nSPS) is 10.8. The highest BCUT2D eigenvalue weighted by Crippen LogP contribution is 2.36. The maximum atomic E-state index is 5.63. The number of aromatic nitrogens is 1. The maximum Gasteiger partial charge on any atom is 0.143 e. The fourth-order valence-corrected chi connectivity index (χ4v) is 2.23. The molecule has 0 radical (unpaired) electrons. The van der Waals surface area contributed by atoms with E-state index in [2.05, 4.69) is 17.7 Å². The Morgan fingerprint density at radius 3 is 2.41 bits per heavy atom. The Morgan fingerprint density at radius 2 is 1.82 bits per heavy atom. The molecule has 0 saturated carbocycles. The molecule has 4 heteroatoms. The van der Waals surface area contributed by atoms with E-state index >= 15 is 0 Å². The second-order valence-electron chi connectivity index (χ2n) is 3.99. The van der Waals surface area contributed by atoms with Crippen molar-refractivity contribution in [2.45, 2.75) is 13.5 Å². The molecule has 2 rings (SSSR count). The zero-order chi connectivity index (χ0) is 12.4. The lowest BCUT2D eigenvalue weighted by Crippen LogP contribution is -2.09. The molecule has 2 aromatic rings. The fraction of sp³-hybridized carbons (Fsp3) is 0.385. The molecular formula is C13H18N2O2. The van der Waals surface area contributed by atoms with Crippen LogP contribution in [-0.2, 0) is 6.54 Å². The van der Waals surface area contributed by atoms with E-state index < -0.39 is 0 Å². The number of nitrogens with two attached hydrogens (primary N) is 1. The van der Waals surface area contributed by atoms with E-state index in [1.54, 1.807) is 14.2 Å². The van der Waals surface area contributed by atoms with Crippen molar-refractivity contribution >= 4 is 10.9 Å². The molecule has 4 nitrogen and oxygen atoms in total. The third-order valence-electron chi connectivity index (χ3n) is 2.94. The largest absolute Gasteiger partial charge is 0.496 e. The first-order valence-electron chi connectivity index (χ1n) is 5.63. The molecule has 0 saturated heterocycles. The number of nitrogens with zero attached hydrogens (tertiary/aromatic N) is 1. The molecule has 0 aliphatic heterocycles. The summed E-state index contributed by atoms with van der Waals surface area (Å²) in [4.78, 5) is 0. The first-order chi connectivity index (χ1) is 8.22. The number of rotatable bonds is 4. The number of benzene rings is 1. The van der Waals surface area contributed by atoms with Gasteiger partial charge in [0.25, 0.3) is 0 Å². The van der Waals surface area contributed by atoms with Gasteiger partial charge in [0.2, 0.25) is 0 Å². The van der Waals surface area contributed by atoms with Crippen molar-refractivity contribution in [3.8, 4) is 11.5 Å². The Balaban J connectivity index is 2.77. The van der Waals surface area contributed by atoms with Gasteiger partial charge in [-0.15, -0.1) is 0 Å². The first kappa shape index (κ1) is 11.8. The third kappa shape index (κ3) is 1.85. The molecule has 0 amide bonds. The van der Waals surface area contributed by atoms with Crippen molar-refractivity contribution in [2.24, 2.45) is 5.73 Å². The van der Waals surface area contributed by atoms with Crippen LogP contribution in [0.5, 0.6) is 11.5 Å². The van der Waals surface area contributed by atoms with Crippen LogP contribution in [0.3, 0.4) is 0 Å². The van der Waals surface area contributed by atoms with Crippen LogP contribution in [0, 0.1) is 6.92 Å². The number of aryl methyl sites for hydroxylation is 1. The lowest BCUT2D eigenvalue weighted by atomic mass is 10.1. The predicted octanol–water partition coefficient (Wildman–Crippen LogP) is 1.93. The minimum absolute atomic E-state index is 0.601. The zero-order valence-electron chi connectivity index (χ0n) is 10.5. The number of methoxy groups -OCH3 is 2. The van der Waals surface area contributed by atoms with E-state index in [-0.39, 0.29) is 0 Å². The van der Waals surface area contributed by atoms with Crippen molar-refractivity contribution < 1.29 is 9.47 Å². The lowest BCUT2D eigenvalue weighted by molar-refractivity contribution is 0.409. The second-order valence-corrected chi connectivity index (χ2v) is 3.99. The summed E-state index contributed by atoms with van der Waals surface area (Å²) in [6.07, 6.45) is 2.09. The van der Waals surface area contributed by atoms with Crippen LogP contribution in [0.2, 0.25) is 0 Å². The fourth-order valence-electron chi connectivity index (χ4n) is 2.23. The second kappa shape index (κ2) is 4.67. The molecule has 0 unspecified atom stereocenters. The Kier molecular flexibility index (Phi) is 3.24. The summed E-state index contributed by atoms with van der Waals surface area (Å²) in [7, 11) is 3.36. The van der Waals surface area contributed by atoms with Crippen LogP contribution in [-0.4, -0.2) is 25.3 Å². The van der Waals surface area contributed by atoms with Gasteiger partial charge in [0.15, 0.2) is 0 Å². The Bertz CT molecular complexity index is 532. The van der Waals surface area contributed by atoms with E-state index in [1.165, 1.54) is 5.56 Å². The van der Waals surface area contributed by atoms with Gasteiger partial charge in [0.05, 0.1) is 19.7 Å². The number of ether oxygens (including phenoxy) is 2. The third-order valence-corrected chi connectivity index (χ3v) is 2.94. The van der Waals surface area contributed by atoms with E-state index in [4.69, 9.17) is 15.2 Å². The average molecular weight is 234 g/mol. The topological polar surface area (TPSA) is 49.4 Å². The molecule has 0 aliphatic rings. The number of fused-ring (bicyclic) bond motifs is 1. The van der Waals surface area contributed by atoms with Gasteiger partial charge in [-0.05, 0) is 24.6 Å². The Hall–Kier alpha value is -1.68. The predicted molar refractivity (Wildman–Crippen MR) is 68.8 cm³/mol. The van der Waals surface area contributed by atoms with Crippen molar-refractivity contribution in [3.05, 3.63) is 23.9 Å². The van der Waals surface area contributed by atoms with E-state index in [9.17, 15) is 0 Å². The van der Waals surface area contributed by atoms with Gasteiger partial charge >= 0.3 is 0 Å². The van der Waals surface area contributed by atoms with Crippen LogP contribution >= 0.6 is 0 Å². The molecule has 1 aromatic heterocycles. The van der Waals surface area contributed by atoms with Crippen LogP contribution in [0.1, 0.15) is 5.56 Å². The summed E-state index contributed by atoms with van der Waals surface area (Å²) in [6.45, 7) is 3.44. The smallest absolute Gasteiger partial charge is 0.143 e. The minimum atomic E-state index is 0.601. The highest BCUT2D eigenvalue weighted by molar-refractivity contribution is 5.94. The Labute approximate surface area is 101 Å². The van der Waals surface area contributed by atoms with Gasteiger partial charge in [0.1, 0.15) is 11.5 Å². The van der Waals surface area contributed by atoms with E-state index in [0.29, 0.717) is 6.54 Å². The molecule has 0 atom stereocenters. The first-order valence-corrected chi connectivity index (χ1v) is 5.63.